The van der Waals surface area contributed by atoms with Gasteiger partial charge in [-0.1, -0.05) is 0 Å². The number of imidazole rings is 1. The number of hydrogen-bond acceptors (Lipinski definition) is 3. The van der Waals surface area contributed by atoms with Crippen LogP contribution in [0.15, 0.2) is 30.6 Å². The molecule has 0 radical (unpaired) electrons. The quantitative estimate of drug-likeness (QED) is 0.647. The average Bonchev–Trinajstić information content (AvgIpc) is 2.82. The predicted molar refractivity (Wildman–Crippen MR) is 66.4 cm³/mol. The van der Waals surface area contributed by atoms with Gasteiger partial charge in [0, 0.05) is 17.8 Å². The zero-order valence-corrected chi connectivity index (χ0v) is 10.7. The smallest absolute Gasteiger partial charge is 0.288 e. The molecule has 0 unspecified atom stereocenters. The zero-order valence-electron chi connectivity index (χ0n) is 10.7. The number of aromatic nitrogens is 4. The van der Waals surface area contributed by atoms with Crippen molar-refractivity contribution in [2.45, 2.75) is 13.1 Å². The largest absolute Gasteiger partial charge is 0.451 e. The van der Waals surface area contributed by atoms with Crippen molar-refractivity contribution in [1.29, 1.82) is 0 Å². The van der Waals surface area contributed by atoms with E-state index in [1.165, 1.54) is 23.0 Å². The maximum absolute atomic E-state index is 13.4. The molecule has 0 aliphatic rings. The average molecular weight is 296 g/mol. The lowest BCUT2D eigenvalue weighted by Crippen LogP contribution is -2.14. The van der Waals surface area contributed by atoms with Gasteiger partial charge in [0.25, 0.3) is 0 Å². The fourth-order valence-electron chi connectivity index (χ4n) is 2.00. The van der Waals surface area contributed by atoms with E-state index in [0.29, 0.717) is 5.82 Å². The number of aryl methyl sites for hydroxylation is 1. The summed E-state index contributed by atoms with van der Waals surface area (Å²) in [6.45, 7) is 1.61. The van der Waals surface area contributed by atoms with Crippen LogP contribution in [0.2, 0.25) is 0 Å². The van der Waals surface area contributed by atoms with Crippen LogP contribution >= 0.6 is 0 Å². The van der Waals surface area contributed by atoms with Crippen LogP contribution in [0.1, 0.15) is 11.6 Å². The second-order valence-corrected chi connectivity index (χ2v) is 4.37. The third-order valence-corrected chi connectivity index (χ3v) is 2.95. The van der Waals surface area contributed by atoms with Gasteiger partial charge in [0.15, 0.2) is 0 Å². The SMILES string of the molecule is Cc1nccn1-c1nc(C(F)(F)F)nc2ccc(F)cc12. The van der Waals surface area contributed by atoms with Gasteiger partial charge in [0.1, 0.15) is 17.5 Å². The summed E-state index contributed by atoms with van der Waals surface area (Å²) >= 11 is 0. The molecule has 0 saturated carbocycles. The van der Waals surface area contributed by atoms with Crippen molar-refractivity contribution in [2.75, 3.05) is 0 Å². The summed E-state index contributed by atoms with van der Waals surface area (Å²) in [7, 11) is 0. The molecule has 0 amide bonds. The monoisotopic (exact) mass is 296 g/mol. The van der Waals surface area contributed by atoms with Crippen LogP contribution in [0.4, 0.5) is 17.6 Å². The number of alkyl halides is 3. The highest BCUT2D eigenvalue weighted by Crippen LogP contribution is 2.30. The summed E-state index contributed by atoms with van der Waals surface area (Å²) in [6, 6.07) is 3.35. The first-order valence-corrected chi connectivity index (χ1v) is 5.91. The Morgan fingerprint density at radius 2 is 1.90 bits per heavy atom. The maximum Gasteiger partial charge on any atom is 0.451 e. The zero-order chi connectivity index (χ0) is 15.2. The van der Waals surface area contributed by atoms with E-state index in [1.807, 2.05) is 0 Å². The van der Waals surface area contributed by atoms with Crippen molar-refractivity contribution in [1.82, 2.24) is 19.5 Å². The Morgan fingerprint density at radius 1 is 1.14 bits per heavy atom. The van der Waals surface area contributed by atoms with E-state index >= 15 is 0 Å². The van der Waals surface area contributed by atoms with Gasteiger partial charge in [0.05, 0.1) is 5.52 Å². The van der Waals surface area contributed by atoms with E-state index < -0.39 is 17.8 Å². The molecule has 0 spiro atoms. The topological polar surface area (TPSA) is 43.6 Å². The molecule has 0 bridgehead atoms. The molecule has 0 aliphatic heterocycles. The fraction of sp³-hybridized carbons (Fsp3) is 0.154. The van der Waals surface area contributed by atoms with Gasteiger partial charge in [0.2, 0.25) is 5.82 Å². The van der Waals surface area contributed by atoms with E-state index in [2.05, 4.69) is 15.0 Å². The first kappa shape index (κ1) is 13.5. The summed E-state index contributed by atoms with van der Waals surface area (Å²) in [4.78, 5) is 10.9. The van der Waals surface area contributed by atoms with Crippen LogP contribution in [0.25, 0.3) is 16.7 Å². The van der Waals surface area contributed by atoms with E-state index in [0.717, 1.165) is 12.1 Å². The van der Waals surface area contributed by atoms with Crippen LogP contribution in [-0.4, -0.2) is 19.5 Å². The molecular formula is C13H8F4N4. The van der Waals surface area contributed by atoms with Gasteiger partial charge in [-0.3, -0.25) is 4.57 Å². The van der Waals surface area contributed by atoms with E-state index in [9.17, 15) is 17.6 Å². The third kappa shape index (κ3) is 2.32. The highest BCUT2D eigenvalue weighted by Gasteiger charge is 2.35. The molecule has 1 aromatic carbocycles. The first-order chi connectivity index (χ1) is 9.86. The van der Waals surface area contributed by atoms with Crippen molar-refractivity contribution >= 4 is 10.9 Å². The normalized spacial score (nSPS) is 12.0. The Morgan fingerprint density at radius 3 is 2.52 bits per heavy atom. The van der Waals surface area contributed by atoms with Gasteiger partial charge in [-0.2, -0.15) is 13.2 Å². The van der Waals surface area contributed by atoms with Crippen molar-refractivity contribution in [3.05, 3.63) is 48.1 Å². The Bertz CT molecular complexity index is 823. The lowest BCUT2D eigenvalue weighted by molar-refractivity contribution is -0.144. The maximum atomic E-state index is 13.4. The fourth-order valence-corrected chi connectivity index (χ4v) is 2.00. The van der Waals surface area contributed by atoms with Crippen LogP contribution in [0.5, 0.6) is 0 Å². The molecule has 3 rings (SSSR count). The first-order valence-electron chi connectivity index (χ1n) is 5.91. The minimum atomic E-state index is -4.69. The molecule has 0 saturated heterocycles. The Kier molecular flexibility index (Phi) is 2.89. The van der Waals surface area contributed by atoms with Crippen LogP contribution in [0.3, 0.4) is 0 Å². The van der Waals surface area contributed by atoms with E-state index in [4.69, 9.17) is 0 Å². The number of benzene rings is 1. The number of fused-ring (bicyclic) bond motifs is 1. The molecule has 0 aliphatic carbocycles. The number of nitrogens with zero attached hydrogens (tertiary/aromatic N) is 4. The molecule has 0 fully saturated rings. The minimum absolute atomic E-state index is 0.0156. The molecule has 2 heterocycles. The van der Waals surface area contributed by atoms with E-state index in [-0.39, 0.29) is 16.7 Å². The molecule has 3 aromatic rings. The molecule has 0 N–H and O–H groups in total. The molecule has 8 heteroatoms. The molecule has 108 valence electrons. The number of rotatable bonds is 1. The molecule has 0 atom stereocenters. The summed E-state index contributed by atoms with van der Waals surface area (Å²) in [5.41, 5.74) is 0.0156. The Balaban J connectivity index is 2.39. The van der Waals surface area contributed by atoms with Crippen LogP contribution < -0.4 is 0 Å². The van der Waals surface area contributed by atoms with Gasteiger partial charge in [-0.25, -0.2) is 19.3 Å². The van der Waals surface area contributed by atoms with Crippen molar-refractivity contribution < 1.29 is 17.6 Å². The summed E-state index contributed by atoms with van der Waals surface area (Å²) in [6.07, 6.45) is -1.80. The summed E-state index contributed by atoms with van der Waals surface area (Å²) in [5.74, 6) is -1.47. The number of halogens is 4. The molecule has 4 nitrogen and oxygen atoms in total. The van der Waals surface area contributed by atoms with Crippen molar-refractivity contribution in [2.24, 2.45) is 0 Å². The lowest BCUT2D eigenvalue weighted by Gasteiger charge is -2.12. The molecule has 21 heavy (non-hydrogen) atoms. The number of hydrogen-bond donors (Lipinski definition) is 0. The second kappa shape index (κ2) is 4.51. The highest BCUT2D eigenvalue weighted by molar-refractivity contribution is 5.85. The van der Waals surface area contributed by atoms with Crippen LogP contribution in [0, 0.1) is 12.7 Å². The minimum Gasteiger partial charge on any atom is -0.288 e. The van der Waals surface area contributed by atoms with Crippen LogP contribution in [-0.2, 0) is 6.18 Å². The van der Waals surface area contributed by atoms with Gasteiger partial charge < -0.3 is 0 Å². The standard InChI is InChI=1S/C13H8F4N4/c1-7-18-4-5-21(7)11-9-6-8(14)2-3-10(9)19-12(20-11)13(15,16)17/h2-6H,1H3. The Labute approximate surface area is 116 Å². The highest BCUT2D eigenvalue weighted by atomic mass is 19.4. The van der Waals surface area contributed by atoms with Gasteiger partial charge >= 0.3 is 6.18 Å². The molecule has 2 aromatic heterocycles. The Hall–Kier alpha value is -2.51. The third-order valence-electron chi connectivity index (χ3n) is 2.95. The van der Waals surface area contributed by atoms with E-state index in [1.54, 1.807) is 6.92 Å². The second-order valence-electron chi connectivity index (χ2n) is 4.37. The van der Waals surface area contributed by atoms with Gasteiger partial charge in [-0.05, 0) is 25.1 Å². The van der Waals surface area contributed by atoms with Crippen molar-refractivity contribution in [3.63, 3.8) is 0 Å². The predicted octanol–water partition coefficient (Wildman–Crippen LogP) is 3.28. The summed E-state index contributed by atoms with van der Waals surface area (Å²) in [5, 5.41) is 0.184. The van der Waals surface area contributed by atoms with Crippen molar-refractivity contribution in [3.8, 4) is 5.82 Å². The van der Waals surface area contributed by atoms with Gasteiger partial charge in [-0.15, -0.1) is 0 Å². The molecular weight excluding hydrogens is 288 g/mol. The summed E-state index contributed by atoms with van der Waals surface area (Å²) < 4.78 is 53.4. The lowest BCUT2D eigenvalue weighted by atomic mass is 10.2.